The number of aliphatic imine (C=N–C) groups is 1. The fourth-order valence-corrected chi connectivity index (χ4v) is 4.49. The summed E-state index contributed by atoms with van der Waals surface area (Å²) in [6.07, 6.45) is -3.14. The Labute approximate surface area is 192 Å². The van der Waals surface area contributed by atoms with Crippen LogP contribution in [0, 0.1) is 5.92 Å². The predicted molar refractivity (Wildman–Crippen MR) is 112 cm³/mol. The fourth-order valence-electron chi connectivity index (χ4n) is 4.49. The molecule has 12 heteroatoms. The molecule has 0 radical (unpaired) electrons. The van der Waals surface area contributed by atoms with Crippen molar-refractivity contribution in [3.63, 3.8) is 0 Å². The molecule has 2 amide bonds. The number of aliphatic carboxylic acids is 1. The summed E-state index contributed by atoms with van der Waals surface area (Å²) >= 11 is 0. The lowest BCUT2D eigenvalue weighted by atomic mass is 9.84. The Hall–Kier alpha value is -3.41. The average molecular weight is 480 g/mol. The minimum atomic E-state index is -4.63. The minimum Gasteiger partial charge on any atom is -0.477 e. The second-order valence-electron chi connectivity index (χ2n) is 8.24. The van der Waals surface area contributed by atoms with Gasteiger partial charge in [0.1, 0.15) is 11.7 Å². The summed E-state index contributed by atoms with van der Waals surface area (Å²) in [5.74, 6) is -3.36. The first-order chi connectivity index (χ1) is 16.1. The Morgan fingerprint density at radius 2 is 2.00 bits per heavy atom. The van der Waals surface area contributed by atoms with Crippen molar-refractivity contribution in [2.75, 3.05) is 13.2 Å². The van der Waals surface area contributed by atoms with Crippen LogP contribution in [0.15, 0.2) is 40.5 Å². The lowest BCUT2D eigenvalue weighted by Crippen LogP contribution is -2.53. The molecular weight excluding hydrogens is 457 g/mol. The predicted octanol–water partition coefficient (Wildman–Crippen LogP) is 2.11. The largest absolute Gasteiger partial charge is 0.477 e. The smallest absolute Gasteiger partial charge is 0.416 e. The summed E-state index contributed by atoms with van der Waals surface area (Å²) in [7, 11) is 0. The second kappa shape index (κ2) is 9.09. The molecule has 0 bridgehead atoms. The van der Waals surface area contributed by atoms with Crippen molar-refractivity contribution in [3.8, 4) is 0 Å². The van der Waals surface area contributed by atoms with Gasteiger partial charge in [-0.3, -0.25) is 20.0 Å². The van der Waals surface area contributed by atoms with E-state index in [0.717, 1.165) is 12.1 Å². The first-order valence-corrected chi connectivity index (χ1v) is 10.8. The normalized spacial score (nSPS) is 23.4. The lowest BCUT2D eigenvalue weighted by Gasteiger charge is -2.36. The quantitative estimate of drug-likeness (QED) is 0.590. The van der Waals surface area contributed by atoms with E-state index in [0.29, 0.717) is 32.1 Å². The van der Waals surface area contributed by atoms with Gasteiger partial charge in [0, 0.05) is 30.3 Å². The number of halogens is 3. The highest BCUT2D eigenvalue weighted by Crippen LogP contribution is 2.35. The van der Waals surface area contributed by atoms with Gasteiger partial charge in [0.2, 0.25) is 0 Å². The summed E-state index contributed by atoms with van der Waals surface area (Å²) < 4.78 is 44.5. The molecule has 3 N–H and O–H groups in total. The first-order valence-electron chi connectivity index (χ1n) is 10.8. The number of amidine groups is 1. The van der Waals surface area contributed by atoms with E-state index in [2.05, 4.69) is 15.7 Å². The van der Waals surface area contributed by atoms with E-state index in [1.54, 1.807) is 11.9 Å². The fraction of sp³-hybridized carbons (Fsp3) is 0.455. The molecule has 1 fully saturated rings. The summed E-state index contributed by atoms with van der Waals surface area (Å²) in [6.45, 7) is 2.69. The Balaban J connectivity index is 1.65. The van der Waals surface area contributed by atoms with Crippen LogP contribution in [0.2, 0.25) is 0 Å². The molecule has 2 unspecified atom stereocenters. The van der Waals surface area contributed by atoms with Gasteiger partial charge in [-0.2, -0.15) is 18.2 Å². The Kier molecular flexibility index (Phi) is 6.34. The van der Waals surface area contributed by atoms with Crippen LogP contribution in [0.25, 0.3) is 0 Å². The van der Waals surface area contributed by atoms with Gasteiger partial charge >= 0.3 is 12.1 Å². The zero-order valence-corrected chi connectivity index (χ0v) is 18.2. The Bertz CT molecular complexity index is 1080. The summed E-state index contributed by atoms with van der Waals surface area (Å²) in [5.41, 5.74) is 1.74. The number of hydrazine groups is 1. The highest BCUT2D eigenvalue weighted by Gasteiger charge is 2.47. The number of carbonyl (C=O) groups excluding carboxylic acids is 2. The highest BCUT2D eigenvalue weighted by molar-refractivity contribution is 6.15. The van der Waals surface area contributed by atoms with Gasteiger partial charge in [-0.25, -0.2) is 4.79 Å². The maximum Gasteiger partial charge on any atom is 0.416 e. The molecule has 0 saturated carbocycles. The average Bonchev–Trinajstić information content (AvgIpc) is 3.19. The van der Waals surface area contributed by atoms with Crippen LogP contribution in [0.3, 0.4) is 0 Å². The molecule has 1 aromatic rings. The number of nitrogens with zero attached hydrogens (tertiary/aromatic N) is 2. The molecule has 182 valence electrons. The van der Waals surface area contributed by atoms with E-state index >= 15 is 0 Å². The maximum absolute atomic E-state index is 13.0. The molecule has 0 spiro atoms. The summed E-state index contributed by atoms with van der Waals surface area (Å²) in [4.78, 5) is 41.8. The van der Waals surface area contributed by atoms with Crippen LogP contribution < -0.4 is 10.7 Å². The van der Waals surface area contributed by atoms with Crippen molar-refractivity contribution in [3.05, 3.63) is 46.7 Å². The van der Waals surface area contributed by atoms with Gasteiger partial charge in [-0.1, -0.05) is 13.0 Å². The molecule has 34 heavy (non-hydrogen) atoms. The van der Waals surface area contributed by atoms with Crippen molar-refractivity contribution in [1.82, 2.24) is 15.8 Å². The van der Waals surface area contributed by atoms with Gasteiger partial charge in [-0.15, -0.1) is 0 Å². The molecule has 0 aliphatic carbocycles. The Morgan fingerprint density at radius 1 is 1.29 bits per heavy atom. The highest BCUT2D eigenvalue weighted by atomic mass is 19.4. The molecule has 9 nitrogen and oxygen atoms in total. The number of carboxylic acid groups (broad SMARTS) is 1. The molecule has 3 aliphatic rings. The number of hydrogen-bond acceptors (Lipinski definition) is 6. The first kappa shape index (κ1) is 23.7. The van der Waals surface area contributed by atoms with E-state index in [9.17, 15) is 32.7 Å². The molecule has 1 saturated heterocycles. The van der Waals surface area contributed by atoms with Crippen LogP contribution in [-0.2, 0) is 20.5 Å². The van der Waals surface area contributed by atoms with Gasteiger partial charge in [0.15, 0.2) is 5.84 Å². The van der Waals surface area contributed by atoms with Crippen molar-refractivity contribution < 1.29 is 37.4 Å². The molecule has 3 aliphatic heterocycles. The Morgan fingerprint density at radius 3 is 2.62 bits per heavy atom. The van der Waals surface area contributed by atoms with E-state index in [1.165, 1.54) is 6.07 Å². The maximum atomic E-state index is 13.0. The number of carbonyl (C=O) groups is 3. The number of hydrogen-bond donors (Lipinski definition) is 3. The number of benzene rings is 1. The van der Waals surface area contributed by atoms with Crippen LogP contribution in [0.5, 0.6) is 0 Å². The number of ether oxygens (including phenoxy) is 1. The summed E-state index contributed by atoms with van der Waals surface area (Å²) in [5, 5.41) is 13.8. The van der Waals surface area contributed by atoms with Crippen molar-refractivity contribution in [1.29, 1.82) is 0 Å². The van der Waals surface area contributed by atoms with E-state index in [4.69, 9.17) is 4.74 Å². The van der Waals surface area contributed by atoms with Crippen LogP contribution in [-0.4, -0.2) is 59.0 Å². The lowest BCUT2D eigenvalue weighted by molar-refractivity contribution is -0.137. The monoisotopic (exact) mass is 480 g/mol. The SMILES string of the molecule is CCC1C2=C(C(=O)O)NN(C3CCOCC3)C2=NC(=O)C1NC(=O)c1cccc(C(F)(F)F)c1. The molecule has 2 atom stereocenters. The zero-order chi connectivity index (χ0) is 24.6. The van der Waals surface area contributed by atoms with E-state index < -0.39 is 41.5 Å². The number of fused-ring (bicyclic) bond motifs is 1. The van der Waals surface area contributed by atoms with E-state index in [1.807, 2.05) is 0 Å². The van der Waals surface area contributed by atoms with Crippen molar-refractivity contribution in [2.24, 2.45) is 10.9 Å². The summed E-state index contributed by atoms with van der Waals surface area (Å²) in [6, 6.07) is 2.49. The number of carboxylic acids is 1. The molecule has 0 aromatic heterocycles. The second-order valence-corrected chi connectivity index (χ2v) is 8.24. The van der Waals surface area contributed by atoms with Crippen LogP contribution >= 0.6 is 0 Å². The third-order valence-electron chi connectivity index (χ3n) is 6.17. The van der Waals surface area contributed by atoms with Gasteiger partial charge in [0.25, 0.3) is 11.8 Å². The van der Waals surface area contributed by atoms with E-state index in [-0.39, 0.29) is 35.1 Å². The molecule has 3 heterocycles. The standard InChI is InChI=1S/C22H23F3N4O5/c1-2-14-15-17(21(32)33)28-29(13-6-8-34-9-7-13)18(15)27-20(31)16(14)26-19(30)11-4-3-5-12(10-11)22(23,24)25/h3-5,10,13-14,16,28H,2,6-9H2,1H3,(H,26,30)(H,32,33). The number of nitrogens with one attached hydrogen (secondary N) is 2. The number of alkyl halides is 3. The topological polar surface area (TPSA) is 120 Å². The van der Waals surface area contributed by atoms with Crippen LogP contribution in [0.4, 0.5) is 13.2 Å². The zero-order valence-electron chi connectivity index (χ0n) is 18.2. The number of rotatable bonds is 5. The van der Waals surface area contributed by atoms with Crippen LogP contribution in [0.1, 0.15) is 42.1 Å². The molecule has 1 aromatic carbocycles. The number of amides is 2. The van der Waals surface area contributed by atoms with Gasteiger partial charge < -0.3 is 15.2 Å². The van der Waals surface area contributed by atoms with Crippen molar-refractivity contribution >= 4 is 23.6 Å². The minimum absolute atomic E-state index is 0.136. The third kappa shape index (κ3) is 4.37. The van der Waals surface area contributed by atoms with Gasteiger partial charge in [0.05, 0.1) is 11.6 Å². The third-order valence-corrected chi connectivity index (χ3v) is 6.17. The molecular formula is C22H23F3N4O5. The van der Waals surface area contributed by atoms with Gasteiger partial charge in [-0.05, 0) is 37.5 Å². The van der Waals surface area contributed by atoms with Crippen molar-refractivity contribution in [2.45, 2.75) is 44.4 Å². The molecule has 4 rings (SSSR count).